The first kappa shape index (κ1) is 12.0. The Bertz CT molecular complexity index is 515. The van der Waals surface area contributed by atoms with E-state index in [4.69, 9.17) is 5.11 Å². The first-order chi connectivity index (χ1) is 8.56. The number of aromatic nitrogens is 1. The van der Waals surface area contributed by atoms with Gasteiger partial charge < -0.3 is 15.7 Å². The van der Waals surface area contributed by atoms with E-state index in [1.54, 1.807) is 0 Å². The number of nitrogens with one attached hydrogen (secondary N) is 2. The lowest BCUT2D eigenvalue weighted by Crippen LogP contribution is -2.25. The van der Waals surface area contributed by atoms with Crippen molar-refractivity contribution in [3.63, 3.8) is 0 Å². The number of carboxylic acid groups (broad SMARTS) is 1. The molecule has 0 bridgehead atoms. The summed E-state index contributed by atoms with van der Waals surface area (Å²) in [5, 5.41) is 13.8. The fourth-order valence-corrected chi connectivity index (χ4v) is 1.65. The van der Waals surface area contributed by atoms with E-state index in [-0.39, 0.29) is 29.6 Å². The third kappa shape index (κ3) is 2.62. The van der Waals surface area contributed by atoms with Gasteiger partial charge in [0.1, 0.15) is 5.82 Å². The average Bonchev–Trinajstić information content (AvgIpc) is 2.76. The van der Waals surface area contributed by atoms with Crippen molar-refractivity contribution in [2.24, 2.45) is 5.92 Å². The molecule has 1 saturated heterocycles. The molecule has 0 spiro atoms. The summed E-state index contributed by atoms with van der Waals surface area (Å²) in [7, 11) is 0. The summed E-state index contributed by atoms with van der Waals surface area (Å²) in [5.74, 6) is -1.87. The predicted octanol–water partition coefficient (Wildman–Crippen LogP) is -0.146. The van der Waals surface area contributed by atoms with Crippen LogP contribution in [0, 0.1) is 5.92 Å². The highest BCUT2D eigenvalue weighted by Crippen LogP contribution is 2.13. The zero-order valence-electron chi connectivity index (χ0n) is 9.34. The summed E-state index contributed by atoms with van der Waals surface area (Å²) >= 11 is 0. The van der Waals surface area contributed by atoms with Crippen LogP contribution in [0.4, 0.5) is 5.82 Å². The molecule has 1 atom stereocenters. The number of nitrogens with zero attached hydrogens (tertiary/aromatic N) is 1. The van der Waals surface area contributed by atoms with Crippen LogP contribution in [0.1, 0.15) is 16.8 Å². The Kier molecular flexibility index (Phi) is 3.22. The average molecular weight is 249 g/mol. The van der Waals surface area contributed by atoms with Gasteiger partial charge in [0.2, 0.25) is 11.8 Å². The number of hydrogen-bond donors (Lipinski definition) is 3. The van der Waals surface area contributed by atoms with Crippen LogP contribution in [-0.2, 0) is 9.59 Å². The van der Waals surface area contributed by atoms with Crippen LogP contribution < -0.4 is 10.6 Å². The van der Waals surface area contributed by atoms with E-state index < -0.39 is 11.9 Å². The van der Waals surface area contributed by atoms with E-state index >= 15 is 0 Å². The molecule has 0 saturated carbocycles. The van der Waals surface area contributed by atoms with E-state index in [1.165, 1.54) is 18.3 Å². The molecule has 2 heterocycles. The fourth-order valence-electron chi connectivity index (χ4n) is 1.65. The molecule has 3 N–H and O–H groups in total. The number of carbonyl (C=O) groups is 3. The van der Waals surface area contributed by atoms with Crippen LogP contribution in [0.3, 0.4) is 0 Å². The summed E-state index contributed by atoms with van der Waals surface area (Å²) in [6.45, 7) is 0.295. The number of anilines is 1. The smallest absolute Gasteiger partial charge is 0.335 e. The second kappa shape index (κ2) is 4.82. The maximum absolute atomic E-state index is 11.8. The zero-order chi connectivity index (χ0) is 13.1. The lowest BCUT2D eigenvalue weighted by molar-refractivity contribution is -0.123. The van der Waals surface area contributed by atoms with Gasteiger partial charge in [0.05, 0.1) is 11.5 Å². The molecule has 0 radical (unpaired) electrons. The monoisotopic (exact) mass is 249 g/mol. The third-order valence-electron chi connectivity index (χ3n) is 2.61. The van der Waals surface area contributed by atoms with E-state index in [2.05, 4.69) is 15.6 Å². The van der Waals surface area contributed by atoms with Gasteiger partial charge in [-0.05, 0) is 12.1 Å². The molecule has 2 rings (SSSR count). The maximum atomic E-state index is 11.8. The minimum atomic E-state index is -1.09. The molecule has 1 aromatic heterocycles. The Balaban J connectivity index is 2.05. The predicted molar refractivity (Wildman–Crippen MR) is 60.9 cm³/mol. The maximum Gasteiger partial charge on any atom is 0.335 e. The summed E-state index contributed by atoms with van der Waals surface area (Å²) in [6, 6.07) is 2.60. The number of rotatable bonds is 3. The quantitative estimate of drug-likeness (QED) is 0.690. The van der Waals surface area contributed by atoms with E-state index in [9.17, 15) is 14.4 Å². The highest BCUT2D eigenvalue weighted by molar-refractivity contribution is 5.97. The van der Waals surface area contributed by atoms with Gasteiger partial charge in [0.15, 0.2) is 0 Å². The molecule has 2 amide bonds. The van der Waals surface area contributed by atoms with Gasteiger partial charge in [-0.2, -0.15) is 0 Å². The van der Waals surface area contributed by atoms with Gasteiger partial charge in [-0.15, -0.1) is 0 Å². The topological polar surface area (TPSA) is 108 Å². The van der Waals surface area contributed by atoms with Gasteiger partial charge in [0.25, 0.3) is 0 Å². The van der Waals surface area contributed by atoms with Crippen molar-refractivity contribution >= 4 is 23.6 Å². The van der Waals surface area contributed by atoms with Crippen LogP contribution in [-0.4, -0.2) is 34.4 Å². The molecule has 1 aromatic rings. The number of amides is 2. The van der Waals surface area contributed by atoms with Gasteiger partial charge in [-0.1, -0.05) is 0 Å². The minimum Gasteiger partial charge on any atom is -0.478 e. The van der Waals surface area contributed by atoms with Gasteiger partial charge >= 0.3 is 5.97 Å². The highest BCUT2D eigenvalue weighted by Gasteiger charge is 2.28. The van der Waals surface area contributed by atoms with Crippen LogP contribution >= 0.6 is 0 Å². The lowest BCUT2D eigenvalue weighted by Gasteiger charge is -2.08. The number of aromatic carboxylic acids is 1. The standard InChI is InChI=1S/C11H11N3O4/c15-9-4-7(5-13-9)10(16)14-8-3-6(11(17)18)1-2-12-8/h1-3,7H,4-5H2,(H,13,15)(H,17,18)(H,12,14,16). The van der Waals surface area contributed by atoms with Gasteiger partial charge in [-0.3, -0.25) is 9.59 Å². The van der Waals surface area contributed by atoms with Crippen molar-refractivity contribution in [1.82, 2.24) is 10.3 Å². The molecule has 1 aliphatic rings. The van der Waals surface area contributed by atoms with Crippen molar-refractivity contribution in [2.75, 3.05) is 11.9 Å². The Morgan fingerprint density at radius 2 is 2.28 bits per heavy atom. The molecule has 18 heavy (non-hydrogen) atoms. The van der Waals surface area contributed by atoms with Crippen LogP contribution in [0.2, 0.25) is 0 Å². The molecular formula is C11H11N3O4. The summed E-state index contributed by atoms with van der Waals surface area (Å²) < 4.78 is 0. The normalized spacial score (nSPS) is 18.2. The largest absolute Gasteiger partial charge is 0.478 e. The second-order valence-electron chi connectivity index (χ2n) is 3.93. The molecule has 0 aliphatic carbocycles. The Morgan fingerprint density at radius 3 is 2.89 bits per heavy atom. The van der Waals surface area contributed by atoms with Crippen molar-refractivity contribution in [2.45, 2.75) is 6.42 Å². The van der Waals surface area contributed by atoms with Crippen molar-refractivity contribution in [1.29, 1.82) is 0 Å². The summed E-state index contributed by atoms with van der Waals surface area (Å²) in [5.41, 5.74) is 0.0425. The SMILES string of the molecule is O=C1CC(C(=O)Nc2cc(C(=O)O)ccn2)CN1. The first-order valence-electron chi connectivity index (χ1n) is 5.33. The number of carboxylic acids is 1. The van der Waals surface area contributed by atoms with Crippen LogP contribution in [0.5, 0.6) is 0 Å². The highest BCUT2D eigenvalue weighted by atomic mass is 16.4. The van der Waals surface area contributed by atoms with Crippen molar-refractivity contribution in [3.8, 4) is 0 Å². The van der Waals surface area contributed by atoms with Gasteiger partial charge in [0, 0.05) is 19.2 Å². The van der Waals surface area contributed by atoms with Crippen LogP contribution in [0.15, 0.2) is 18.3 Å². The molecule has 94 valence electrons. The molecule has 0 aromatic carbocycles. The molecule has 1 aliphatic heterocycles. The summed E-state index contributed by atoms with van der Waals surface area (Å²) in [4.78, 5) is 37.3. The minimum absolute atomic E-state index is 0.0425. The van der Waals surface area contributed by atoms with E-state index in [0.29, 0.717) is 6.54 Å². The van der Waals surface area contributed by atoms with Gasteiger partial charge in [-0.25, -0.2) is 9.78 Å². The molecule has 1 fully saturated rings. The number of hydrogen-bond acceptors (Lipinski definition) is 4. The zero-order valence-corrected chi connectivity index (χ0v) is 9.34. The van der Waals surface area contributed by atoms with Crippen molar-refractivity contribution < 1.29 is 19.5 Å². The van der Waals surface area contributed by atoms with E-state index in [1.807, 2.05) is 0 Å². The second-order valence-corrected chi connectivity index (χ2v) is 3.93. The Hall–Kier alpha value is -2.44. The Morgan fingerprint density at radius 1 is 1.50 bits per heavy atom. The molecule has 1 unspecified atom stereocenters. The van der Waals surface area contributed by atoms with E-state index in [0.717, 1.165) is 0 Å². The molecular weight excluding hydrogens is 238 g/mol. The molecule has 7 heteroatoms. The Labute approximate surface area is 102 Å². The number of pyridine rings is 1. The first-order valence-corrected chi connectivity index (χ1v) is 5.33. The third-order valence-corrected chi connectivity index (χ3v) is 2.61. The van der Waals surface area contributed by atoms with Crippen LogP contribution in [0.25, 0.3) is 0 Å². The number of carbonyl (C=O) groups excluding carboxylic acids is 2. The lowest BCUT2D eigenvalue weighted by atomic mass is 10.1. The summed E-state index contributed by atoms with van der Waals surface area (Å²) in [6.07, 6.45) is 1.45. The fraction of sp³-hybridized carbons (Fsp3) is 0.273. The molecule has 7 nitrogen and oxygen atoms in total. The van der Waals surface area contributed by atoms with Crippen molar-refractivity contribution in [3.05, 3.63) is 23.9 Å².